The predicted octanol–water partition coefficient (Wildman–Crippen LogP) is -0.542. The Bertz CT molecular complexity index is 407. The van der Waals surface area contributed by atoms with Crippen LogP contribution in [-0.4, -0.2) is 26.5 Å². The maximum absolute atomic E-state index is 12.6. The summed E-state index contributed by atoms with van der Waals surface area (Å²) in [5.74, 6) is -0.694. The van der Waals surface area contributed by atoms with Crippen molar-refractivity contribution in [1.29, 1.82) is 0 Å². The van der Waals surface area contributed by atoms with Gasteiger partial charge in [-0.3, -0.25) is 4.98 Å². The van der Waals surface area contributed by atoms with Gasteiger partial charge in [-0.1, -0.05) is 0 Å². The van der Waals surface area contributed by atoms with Gasteiger partial charge in [-0.25, -0.2) is 17.5 Å². The lowest BCUT2D eigenvalue weighted by Gasteiger charge is -2.04. The molecule has 0 fully saturated rings. The van der Waals surface area contributed by atoms with Crippen LogP contribution in [0.3, 0.4) is 0 Å². The summed E-state index contributed by atoms with van der Waals surface area (Å²) < 4.78 is 37.6. The van der Waals surface area contributed by atoms with Gasteiger partial charge in [-0.05, 0) is 6.07 Å². The molecule has 0 spiro atoms. The zero-order valence-electron chi connectivity index (χ0n) is 7.27. The quantitative estimate of drug-likeness (QED) is 0.712. The predicted molar refractivity (Wildman–Crippen MR) is 48.4 cm³/mol. The highest BCUT2D eigenvalue weighted by molar-refractivity contribution is 7.89. The Hall–Kier alpha value is -1.05. The average molecular weight is 219 g/mol. The first-order chi connectivity index (χ1) is 6.56. The summed E-state index contributed by atoms with van der Waals surface area (Å²) in [5, 5.41) is 0. The second kappa shape index (κ2) is 4.45. The molecule has 3 N–H and O–H groups in total. The van der Waals surface area contributed by atoms with E-state index in [1.165, 1.54) is 0 Å². The molecule has 0 radical (unpaired) electrons. The minimum Gasteiger partial charge on any atom is -0.329 e. The fourth-order valence-electron chi connectivity index (χ4n) is 0.816. The normalized spacial score (nSPS) is 11.6. The van der Waals surface area contributed by atoms with Crippen LogP contribution in [0.1, 0.15) is 0 Å². The Kier molecular flexibility index (Phi) is 3.50. The molecule has 1 heterocycles. The van der Waals surface area contributed by atoms with E-state index in [0.29, 0.717) is 0 Å². The maximum Gasteiger partial charge on any atom is 0.242 e. The number of sulfonamides is 1. The van der Waals surface area contributed by atoms with Gasteiger partial charge < -0.3 is 5.73 Å². The Balaban J connectivity index is 2.93. The van der Waals surface area contributed by atoms with Crippen LogP contribution in [0.4, 0.5) is 4.39 Å². The lowest BCUT2D eigenvalue weighted by Crippen LogP contribution is -2.29. The fraction of sp³-hybridized carbons (Fsp3) is 0.286. The topological polar surface area (TPSA) is 85.1 Å². The lowest BCUT2D eigenvalue weighted by molar-refractivity contribution is 0.576. The Morgan fingerprint density at radius 3 is 2.79 bits per heavy atom. The maximum atomic E-state index is 12.6. The van der Waals surface area contributed by atoms with E-state index >= 15 is 0 Å². The first-order valence-electron chi connectivity index (χ1n) is 3.86. The van der Waals surface area contributed by atoms with Crippen LogP contribution in [-0.2, 0) is 10.0 Å². The Morgan fingerprint density at radius 1 is 1.50 bits per heavy atom. The zero-order chi connectivity index (χ0) is 10.6. The molecule has 0 aliphatic carbocycles. The van der Waals surface area contributed by atoms with Gasteiger partial charge in [0, 0.05) is 19.3 Å². The van der Waals surface area contributed by atoms with E-state index in [0.717, 1.165) is 18.5 Å². The van der Waals surface area contributed by atoms with E-state index in [4.69, 9.17) is 5.73 Å². The second-order valence-corrected chi connectivity index (χ2v) is 4.29. The molecule has 1 aromatic rings. The average Bonchev–Trinajstić information content (AvgIpc) is 2.15. The minimum atomic E-state index is -3.68. The van der Waals surface area contributed by atoms with E-state index in [1.54, 1.807) is 0 Å². The van der Waals surface area contributed by atoms with Crippen molar-refractivity contribution in [2.75, 3.05) is 13.1 Å². The van der Waals surface area contributed by atoms with Crippen LogP contribution < -0.4 is 10.5 Å². The number of rotatable bonds is 4. The van der Waals surface area contributed by atoms with Crippen molar-refractivity contribution < 1.29 is 12.8 Å². The molecule has 0 atom stereocenters. The van der Waals surface area contributed by atoms with Gasteiger partial charge in [-0.2, -0.15) is 0 Å². The molecule has 78 valence electrons. The molecule has 5 nitrogen and oxygen atoms in total. The molecule has 0 bridgehead atoms. The zero-order valence-corrected chi connectivity index (χ0v) is 8.09. The Morgan fingerprint density at radius 2 is 2.21 bits per heavy atom. The molecule has 14 heavy (non-hydrogen) atoms. The highest BCUT2D eigenvalue weighted by atomic mass is 32.2. The molecule has 1 aromatic heterocycles. The summed E-state index contributed by atoms with van der Waals surface area (Å²) in [6.45, 7) is 0.292. The molecule has 0 aliphatic heterocycles. The van der Waals surface area contributed by atoms with Gasteiger partial charge in [0.1, 0.15) is 10.7 Å². The molecule has 0 aromatic carbocycles. The van der Waals surface area contributed by atoms with Gasteiger partial charge in [0.25, 0.3) is 0 Å². The molecule has 0 amide bonds. The standard InChI is InChI=1S/C7H10FN3O2S/c8-6-3-7(5-10-4-6)14(12,13)11-2-1-9/h3-5,11H,1-2,9H2. The highest BCUT2D eigenvalue weighted by Crippen LogP contribution is 2.07. The lowest BCUT2D eigenvalue weighted by atomic mass is 10.5. The third-order valence-electron chi connectivity index (χ3n) is 1.43. The van der Waals surface area contributed by atoms with Gasteiger partial charge in [0.2, 0.25) is 10.0 Å². The number of hydrogen-bond acceptors (Lipinski definition) is 4. The van der Waals surface area contributed by atoms with Gasteiger partial charge >= 0.3 is 0 Å². The number of hydrogen-bond donors (Lipinski definition) is 2. The number of aromatic nitrogens is 1. The molecule has 0 unspecified atom stereocenters. The number of nitrogens with zero attached hydrogens (tertiary/aromatic N) is 1. The molecule has 0 aliphatic rings. The fourth-order valence-corrected chi connectivity index (χ4v) is 1.84. The molecule has 7 heteroatoms. The summed E-state index contributed by atoms with van der Waals surface area (Å²) in [6.07, 6.45) is 2.00. The van der Waals surface area contributed by atoms with Crippen LogP contribution in [0.5, 0.6) is 0 Å². The Labute approximate surface area is 81.2 Å². The first-order valence-corrected chi connectivity index (χ1v) is 5.35. The SMILES string of the molecule is NCCNS(=O)(=O)c1cncc(F)c1. The summed E-state index contributed by atoms with van der Waals surface area (Å²) >= 11 is 0. The first kappa shape index (κ1) is 11.0. The van der Waals surface area contributed by atoms with Crippen molar-refractivity contribution >= 4 is 10.0 Å². The van der Waals surface area contributed by atoms with Crippen LogP contribution in [0.15, 0.2) is 23.4 Å². The van der Waals surface area contributed by atoms with E-state index < -0.39 is 15.8 Å². The summed E-state index contributed by atoms with van der Waals surface area (Å²) in [4.78, 5) is 3.23. The summed E-state index contributed by atoms with van der Waals surface area (Å²) in [5.41, 5.74) is 5.13. The van der Waals surface area contributed by atoms with E-state index in [1.807, 2.05) is 0 Å². The second-order valence-electron chi connectivity index (χ2n) is 2.53. The van der Waals surface area contributed by atoms with Crippen molar-refractivity contribution in [2.24, 2.45) is 5.73 Å². The third-order valence-corrected chi connectivity index (χ3v) is 2.85. The van der Waals surface area contributed by atoms with Crippen LogP contribution >= 0.6 is 0 Å². The number of nitrogens with one attached hydrogen (secondary N) is 1. The largest absolute Gasteiger partial charge is 0.329 e. The summed E-state index contributed by atoms with van der Waals surface area (Å²) in [6, 6.07) is 0.895. The van der Waals surface area contributed by atoms with Crippen molar-refractivity contribution in [3.05, 3.63) is 24.3 Å². The van der Waals surface area contributed by atoms with Gasteiger partial charge in [0.05, 0.1) is 6.20 Å². The van der Waals surface area contributed by atoms with Crippen LogP contribution in [0.2, 0.25) is 0 Å². The molecular weight excluding hydrogens is 209 g/mol. The van der Waals surface area contributed by atoms with E-state index in [9.17, 15) is 12.8 Å². The molecule has 1 rings (SSSR count). The van der Waals surface area contributed by atoms with Gasteiger partial charge in [-0.15, -0.1) is 0 Å². The summed E-state index contributed by atoms with van der Waals surface area (Å²) in [7, 11) is -3.68. The van der Waals surface area contributed by atoms with Crippen LogP contribution in [0.25, 0.3) is 0 Å². The van der Waals surface area contributed by atoms with Crippen molar-refractivity contribution in [3.8, 4) is 0 Å². The third kappa shape index (κ3) is 2.72. The monoisotopic (exact) mass is 219 g/mol. The minimum absolute atomic E-state index is 0.110. The van der Waals surface area contributed by atoms with Gasteiger partial charge in [0.15, 0.2) is 0 Å². The number of nitrogens with two attached hydrogens (primary N) is 1. The van der Waals surface area contributed by atoms with E-state index in [2.05, 4.69) is 9.71 Å². The van der Waals surface area contributed by atoms with E-state index in [-0.39, 0.29) is 18.0 Å². The highest BCUT2D eigenvalue weighted by Gasteiger charge is 2.13. The van der Waals surface area contributed by atoms with Crippen molar-refractivity contribution in [1.82, 2.24) is 9.71 Å². The number of halogens is 1. The molecule has 0 saturated carbocycles. The van der Waals surface area contributed by atoms with Crippen molar-refractivity contribution in [2.45, 2.75) is 4.90 Å². The van der Waals surface area contributed by atoms with Crippen LogP contribution in [0, 0.1) is 5.82 Å². The van der Waals surface area contributed by atoms with Crippen molar-refractivity contribution in [3.63, 3.8) is 0 Å². The smallest absolute Gasteiger partial charge is 0.242 e. The molecular formula is C7H10FN3O2S. The number of pyridine rings is 1. The molecule has 0 saturated heterocycles.